The van der Waals surface area contributed by atoms with Gasteiger partial charge >= 0.3 is 0 Å². The van der Waals surface area contributed by atoms with E-state index in [2.05, 4.69) is 10.4 Å². The summed E-state index contributed by atoms with van der Waals surface area (Å²) in [5.74, 6) is 6.39. The summed E-state index contributed by atoms with van der Waals surface area (Å²) in [5, 5.41) is 0.584. The molecule has 0 spiro atoms. The van der Waals surface area contributed by atoms with E-state index in [9.17, 15) is 0 Å². The smallest absolute Gasteiger partial charge is 0.115 e. The Morgan fingerprint density at radius 3 is 3.06 bits per heavy atom. The van der Waals surface area contributed by atoms with Gasteiger partial charge in [0.1, 0.15) is 11.8 Å². The second-order valence-corrected chi connectivity index (χ2v) is 4.00. The fourth-order valence-electron chi connectivity index (χ4n) is 1.72. The van der Waals surface area contributed by atoms with Gasteiger partial charge in [-0.2, -0.15) is 0 Å². The third-order valence-corrected chi connectivity index (χ3v) is 2.84. The van der Waals surface area contributed by atoms with Crippen molar-refractivity contribution in [2.24, 2.45) is 5.84 Å². The van der Waals surface area contributed by atoms with Crippen LogP contribution < -0.4 is 11.3 Å². The highest BCUT2D eigenvalue weighted by Gasteiger charge is 2.20. The maximum absolute atomic E-state index is 6.08. The lowest BCUT2D eigenvalue weighted by Crippen LogP contribution is -2.31. The van der Waals surface area contributed by atoms with Crippen LogP contribution in [0.25, 0.3) is 0 Å². The van der Waals surface area contributed by atoms with Crippen LogP contribution >= 0.6 is 11.6 Å². The number of aromatic nitrogens is 1. The number of rotatable bonds is 3. The number of ether oxygens (including phenoxy) is 1. The van der Waals surface area contributed by atoms with Crippen molar-refractivity contribution in [1.29, 1.82) is 0 Å². The molecular formula is C11H14ClN3O. The Bertz CT molecular complexity index is 395. The van der Waals surface area contributed by atoms with Crippen molar-refractivity contribution in [2.75, 3.05) is 6.61 Å². The highest BCUT2D eigenvalue weighted by atomic mass is 35.5. The fraction of sp³-hybridized carbons (Fsp3) is 0.364. The largest absolute Gasteiger partial charge is 0.496 e. The molecule has 0 aromatic carbocycles. The molecule has 0 fully saturated rings. The Hall–Kier alpha value is -1.10. The summed E-state index contributed by atoms with van der Waals surface area (Å²) in [4.78, 5) is 3.95. The second-order valence-electron chi connectivity index (χ2n) is 3.59. The predicted octanol–water partition coefficient (Wildman–Crippen LogP) is 1.93. The van der Waals surface area contributed by atoms with Crippen LogP contribution in [-0.4, -0.2) is 11.6 Å². The van der Waals surface area contributed by atoms with Gasteiger partial charge in [-0.15, -0.1) is 0 Å². The minimum Gasteiger partial charge on any atom is -0.496 e. The number of hydrogen-bond donors (Lipinski definition) is 2. The maximum Gasteiger partial charge on any atom is 0.115 e. The molecule has 0 aliphatic carbocycles. The molecule has 0 amide bonds. The first kappa shape index (κ1) is 11.4. The molecule has 2 heterocycles. The summed E-state index contributed by atoms with van der Waals surface area (Å²) >= 11 is 6.08. The van der Waals surface area contributed by atoms with Crippen molar-refractivity contribution < 1.29 is 4.74 Å². The van der Waals surface area contributed by atoms with Crippen LogP contribution in [0.2, 0.25) is 5.02 Å². The molecule has 1 aromatic heterocycles. The van der Waals surface area contributed by atoms with Gasteiger partial charge in [-0.25, -0.2) is 5.43 Å². The molecule has 86 valence electrons. The van der Waals surface area contributed by atoms with Gasteiger partial charge in [-0.3, -0.25) is 10.8 Å². The zero-order chi connectivity index (χ0) is 11.4. The number of allylic oxidation sites excluding steroid dienone is 1. The number of nitrogens with two attached hydrogens (primary N) is 1. The standard InChI is InChI=1S/C11H14ClN3O/c12-9-7-14-5-4-8(9)11(15-13)10-3-1-2-6-16-10/h3-5,7,11,15H,1-2,6,13H2. The average Bonchev–Trinajstić information content (AvgIpc) is 2.34. The van der Waals surface area contributed by atoms with E-state index in [-0.39, 0.29) is 6.04 Å². The molecule has 1 aliphatic rings. The van der Waals surface area contributed by atoms with Crippen molar-refractivity contribution >= 4 is 11.6 Å². The normalized spacial score (nSPS) is 17.5. The predicted molar refractivity (Wildman–Crippen MR) is 62.6 cm³/mol. The van der Waals surface area contributed by atoms with Gasteiger partial charge in [0.15, 0.2) is 0 Å². The van der Waals surface area contributed by atoms with Crippen molar-refractivity contribution in [3.63, 3.8) is 0 Å². The Morgan fingerprint density at radius 1 is 1.56 bits per heavy atom. The highest BCUT2D eigenvalue weighted by Crippen LogP contribution is 2.29. The van der Waals surface area contributed by atoms with Crippen molar-refractivity contribution in [1.82, 2.24) is 10.4 Å². The third-order valence-electron chi connectivity index (χ3n) is 2.53. The van der Waals surface area contributed by atoms with Crippen LogP contribution in [0.15, 0.2) is 30.3 Å². The topological polar surface area (TPSA) is 60.2 Å². The molecule has 0 saturated carbocycles. The first-order chi connectivity index (χ1) is 7.83. The summed E-state index contributed by atoms with van der Waals surface area (Å²) in [7, 11) is 0. The molecule has 4 nitrogen and oxygen atoms in total. The van der Waals surface area contributed by atoms with E-state index >= 15 is 0 Å². The van der Waals surface area contributed by atoms with Crippen LogP contribution in [0, 0.1) is 0 Å². The first-order valence-electron chi connectivity index (χ1n) is 5.21. The van der Waals surface area contributed by atoms with Crippen molar-refractivity contribution in [2.45, 2.75) is 18.9 Å². The van der Waals surface area contributed by atoms with E-state index in [1.807, 2.05) is 12.1 Å². The molecular weight excluding hydrogens is 226 g/mol. The zero-order valence-corrected chi connectivity index (χ0v) is 9.57. The summed E-state index contributed by atoms with van der Waals surface area (Å²) in [6, 6.07) is 1.64. The van der Waals surface area contributed by atoms with Crippen molar-refractivity contribution in [3.05, 3.63) is 40.9 Å². The number of pyridine rings is 1. The molecule has 3 N–H and O–H groups in total. The molecule has 2 rings (SSSR count). The summed E-state index contributed by atoms with van der Waals surface area (Å²) < 4.78 is 5.58. The number of hydrogen-bond acceptors (Lipinski definition) is 4. The van der Waals surface area contributed by atoms with E-state index in [4.69, 9.17) is 22.2 Å². The summed E-state index contributed by atoms with van der Waals surface area (Å²) in [6.07, 6.45) is 7.39. The number of halogens is 1. The minimum atomic E-state index is -0.198. The monoisotopic (exact) mass is 239 g/mol. The second kappa shape index (κ2) is 5.30. The van der Waals surface area contributed by atoms with E-state index < -0.39 is 0 Å². The molecule has 1 atom stereocenters. The third kappa shape index (κ3) is 2.35. The van der Waals surface area contributed by atoms with Crippen molar-refractivity contribution in [3.8, 4) is 0 Å². The first-order valence-corrected chi connectivity index (χ1v) is 5.59. The van der Waals surface area contributed by atoms with Crippen LogP contribution in [0.1, 0.15) is 24.4 Å². The van der Waals surface area contributed by atoms with E-state index in [1.165, 1.54) is 0 Å². The van der Waals surface area contributed by atoms with Gasteiger partial charge in [0.2, 0.25) is 0 Å². The lowest BCUT2D eigenvalue weighted by atomic mass is 10.0. The van der Waals surface area contributed by atoms with Gasteiger partial charge in [-0.1, -0.05) is 11.6 Å². The molecule has 5 heteroatoms. The number of nitrogens with one attached hydrogen (secondary N) is 1. The Balaban J connectivity index is 2.28. The Morgan fingerprint density at radius 2 is 2.44 bits per heavy atom. The lowest BCUT2D eigenvalue weighted by Gasteiger charge is -2.23. The quantitative estimate of drug-likeness (QED) is 0.625. The molecule has 1 aliphatic heterocycles. The van der Waals surface area contributed by atoms with E-state index in [0.29, 0.717) is 5.02 Å². The fourth-order valence-corrected chi connectivity index (χ4v) is 1.95. The highest BCUT2D eigenvalue weighted by molar-refractivity contribution is 6.31. The zero-order valence-electron chi connectivity index (χ0n) is 8.82. The molecule has 0 radical (unpaired) electrons. The Labute approximate surface area is 99.4 Å². The van der Waals surface area contributed by atoms with Gasteiger partial charge in [-0.05, 0) is 30.5 Å². The van der Waals surface area contributed by atoms with Gasteiger partial charge < -0.3 is 4.74 Å². The van der Waals surface area contributed by atoms with E-state index in [1.54, 1.807) is 12.4 Å². The Kier molecular flexibility index (Phi) is 3.77. The van der Waals surface area contributed by atoms with Crippen LogP contribution in [0.3, 0.4) is 0 Å². The van der Waals surface area contributed by atoms with Gasteiger partial charge in [0.25, 0.3) is 0 Å². The van der Waals surface area contributed by atoms with Crippen LogP contribution in [0.5, 0.6) is 0 Å². The lowest BCUT2D eigenvalue weighted by molar-refractivity contribution is 0.168. The molecule has 1 unspecified atom stereocenters. The SMILES string of the molecule is NNC(C1=CCCCO1)c1ccncc1Cl. The maximum atomic E-state index is 6.08. The number of nitrogens with zero attached hydrogens (tertiary/aromatic N) is 1. The molecule has 1 aromatic rings. The van der Waals surface area contributed by atoms with Gasteiger partial charge in [0.05, 0.1) is 11.6 Å². The number of hydrazine groups is 1. The summed E-state index contributed by atoms with van der Waals surface area (Å²) in [6.45, 7) is 0.729. The van der Waals surface area contributed by atoms with Gasteiger partial charge in [0, 0.05) is 12.4 Å². The molecule has 16 heavy (non-hydrogen) atoms. The van der Waals surface area contributed by atoms with E-state index in [0.717, 1.165) is 30.8 Å². The summed E-state index contributed by atoms with van der Waals surface area (Å²) in [5.41, 5.74) is 3.61. The average molecular weight is 240 g/mol. The van der Waals surface area contributed by atoms with Crippen LogP contribution in [0.4, 0.5) is 0 Å². The molecule has 0 saturated heterocycles. The molecule has 0 bridgehead atoms. The van der Waals surface area contributed by atoms with Crippen LogP contribution in [-0.2, 0) is 4.74 Å². The minimum absolute atomic E-state index is 0.198.